The zero-order chi connectivity index (χ0) is 13.1. The first-order chi connectivity index (χ1) is 8.63. The number of likely N-dealkylation sites (tertiary alicyclic amines) is 1. The quantitative estimate of drug-likeness (QED) is 0.873. The van der Waals surface area contributed by atoms with Crippen LogP contribution in [0.25, 0.3) is 0 Å². The molecule has 2 N–H and O–H groups in total. The number of hydrogen-bond donors (Lipinski definition) is 1. The van der Waals surface area contributed by atoms with Gasteiger partial charge < -0.3 is 10.6 Å². The highest BCUT2D eigenvalue weighted by molar-refractivity contribution is 5.94. The number of nitrogens with zero attached hydrogens (tertiary/aromatic N) is 1. The molecule has 1 heterocycles. The minimum Gasteiger partial charge on any atom is -0.334 e. The summed E-state index contributed by atoms with van der Waals surface area (Å²) in [6.07, 6.45) is 1.85. The van der Waals surface area contributed by atoms with E-state index in [2.05, 4.69) is 6.92 Å². The third-order valence-electron chi connectivity index (χ3n) is 3.62. The summed E-state index contributed by atoms with van der Waals surface area (Å²) in [6.45, 7) is 3.26. The standard InChI is InChI=1S/C14H19FN2O/c1-10-6-7-17(11(8-10)9-16)14(18)12-4-2-3-5-13(12)15/h2-5,10-11H,6-9,16H2,1H3. The summed E-state index contributed by atoms with van der Waals surface area (Å²) < 4.78 is 13.6. The Morgan fingerprint density at radius 1 is 1.50 bits per heavy atom. The first-order valence-corrected chi connectivity index (χ1v) is 6.39. The average Bonchev–Trinajstić information content (AvgIpc) is 2.38. The van der Waals surface area contributed by atoms with Crippen LogP contribution >= 0.6 is 0 Å². The number of benzene rings is 1. The van der Waals surface area contributed by atoms with Crippen molar-refractivity contribution in [2.45, 2.75) is 25.8 Å². The van der Waals surface area contributed by atoms with Crippen LogP contribution in [0.5, 0.6) is 0 Å². The van der Waals surface area contributed by atoms with E-state index in [0.29, 0.717) is 19.0 Å². The van der Waals surface area contributed by atoms with Gasteiger partial charge in [-0.25, -0.2) is 4.39 Å². The third kappa shape index (κ3) is 2.53. The Hall–Kier alpha value is -1.42. The Bertz CT molecular complexity index is 436. The lowest BCUT2D eigenvalue weighted by Crippen LogP contribution is -2.49. The van der Waals surface area contributed by atoms with Gasteiger partial charge >= 0.3 is 0 Å². The maximum Gasteiger partial charge on any atom is 0.257 e. The highest BCUT2D eigenvalue weighted by Crippen LogP contribution is 2.24. The first-order valence-electron chi connectivity index (χ1n) is 6.39. The minimum absolute atomic E-state index is 0.0286. The van der Waals surface area contributed by atoms with E-state index in [9.17, 15) is 9.18 Å². The molecule has 1 fully saturated rings. The molecule has 0 aromatic heterocycles. The second kappa shape index (κ2) is 5.48. The SMILES string of the molecule is CC1CCN(C(=O)c2ccccc2F)C(CN)C1. The summed E-state index contributed by atoms with van der Waals surface area (Å²) in [4.78, 5) is 14.0. The molecule has 2 atom stereocenters. The van der Waals surface area contributed by atoms with Crippen LogP contribution in [-0.4, -0.2) is 29.9 Å². The van der Waals surface area contributed by atoms with Crippen LogP contribution in [0.1, 0.15) is 30.1 Å². The molecule has 0 radical (unpaired) electrons. The van der Waals surface area contributed by atoms with Gasteiger partial charge in [-0.05, 0) is 30.9 Å². The van der Waals surface area contributed by atoms with E-state index in [4.69, 9.17) is 5.73 Å². The van der Waals surface area contributed by atoms with E-state index >= 15 is 0 Å². The molecule has 2 unspecified atom stereocenters. The molecule has 3 nitrogen and oxygen atoms in total. The molecule has 2 rings (SSSR count). The second-order valence-corrected chi connectivity index (χ2v) is 5.00. The van der Waals surface area contributed by atoms with Crippen molar-refractivity contribution < 1.29 is 9.18 Å². The molecule has 0 saturated carbocycles. The topological polar surface area (TPSA) is 46.3 Å². The lowest BCUT2D eigenvalue weighted by atomic mass is 9.92. The molecule has 1 aromatic carbocycles. The molecule has 1 saturated heterocycles. The van der Waals surface area contributed by atoms with Crippen molar-refractivity contribution in [1.29, 1.82) is 0 Å². The van der Waals surface area contributed by atoms with Crippen LogP contribution in [0, 0.1) is 11.7 Å². The van der Waals surface area contributed by atoms with E-state index in [1.54, 1.807) is 17.0 Å². The molecule has 4 heteroatoms. The smallest absolute Gasteiger partial charge is 0.257 e. The first kappa shape index (κ1) is 13.0. The highest BCUT2D eigenvalue weighted by atomic mass is 19.1. The molecule has 1 aliphatic rings. The maximum absolute atomic E-state index is 13.6. The lowest BCUT2D eigenvalue weighted by molar-refractivity contribution is 0.0569. The molecule has 18 heavy (non-hydrogen) atoms. The Balaban J connectivity index is 2.20. The molecule has 1 aromatic rings. The molecular formula is C14H19FN2O. The van der Waals surface area contributed by atoms with Gasteiger partial charge in [0, 0.05) is 19.1 Å². The van der Waals surface area contributed by atoms with Gasteiger partial charge in [0.25, 0.3) is 5.91 Å². The second-order valence-electron chi connectivity index (χ2n) is 5.00. The van der Waals surface area contributed by atoms with E-state index in [1.165, 1.54) is 12.1 Å². The Morgan fingerprint density at radius 2 is 2.22 bits per heavy atom. The van der Waals surface area contributed by atoms with Gasteiger partial charge in [-0.15, -0.1) is 0 Å². The number of hydrogen-bond acceptors (Lipinski definition) is 2. The van der Waals surface area contributed by atoms with Gasteiger partial charge in [-0.1, -0.05) is 19.1 Å². The summed E-state index contributed by atoms with van der Waals surface area (Å²) in [5.74, 6) is -0.129. The number of nitrogens with two attached hydrogens (primary N) is 1. The van der Waals surface area contributed by atoms with Crippen LogP contribution in [0.4, 0.5) is 4.39 Å². The summed E-state index contributed by atoms with van der Waals surface area (Å²) in [5, 5.41) is 0. The van der Waals surface area contributed by atoms with Gasteiger partial charge in [-0.2, -0.15) is 0 Å². The van der Waals surface area contributed by atoms with Crippen LogP contribution in [0.2, 0.25) is 0 Å². The average molecular weight is 250 g/mol. The number of piperidine rings is 1. The fourth-order valence-corrected chi connectivity index (χ4v) is 2.53. The van der Waals surface area contributed by atoms with Crippen LogP contribution in [-0.2, 0) is 0 Å². The van der Waals surface area contributed by atoms with Gasteiger partial charge in [0.05, 0.1) is 5.56 Å². The normalized spacial score (nSPS) is 24.1. The fraction of sp³-hybridized carbons (Fsp3) is 0.500. The van der Waals surface area contributed by atoms with Gasteiger partial charge in [0.1, 0.15) is 5.82 Å². The highest BCUT2D eigenvalue weighted by Gasteiger charge is 2.30. The van der Waals surface area contributed by atoms with Crippen molar-refractivity contribution in [3.05, 3.63) is 35.6 Å². The number of amides is 1. The molecular weight excluding hydrogens is 231 g/mol. The summed E-state index contributed by atoms with van der Waals surface area (Å²) in [6, 6.07) is 6.15. The number of rotatable bonds is 2. The van der Waals surface area contributed by atoms with Gasteiger partial charge in [0.2, 0.25) is 0 Å². The van der Waals surface area contributed by atoms with Crippen LogP contribution < -0.4 is 5.73 Å². The van der Waals surface area contributed by atoms with Gasteiger partial charge in [-0.3, -0.25) is 4.79 Å². The predicted molar refractivity (Wildman–Crippen MR) is 68.7 cm³/mol. The molecule has 0 bridgehead atoms. The third-order valence-corrected chi connectivity index (χ3v) is 3.62. The maximum atomic E-state index is 13.6. The van der Waals surface area contributed by atoms with Crippen molar-refractivity contribution in [2.75, 3.05) is 13.1 Å². The van der Waals surface area contributed by atoms with E-state index in [0.717, 1.165) is 12.8 Å². The van der Waals surface area contributed by atoms with Crippen molar-refractivity contribution in [2.24, 2.45) is 11.7 Å². The number of carbonyl (C=O) groups is 1. The molecule has 1 aliphatic heterocycles. The zero-order valence-electron chi connectivity index (χ0n) is 10.6. The van der Waals surface area contributed by atoms with Crippen LogP contribution in [0.15, 0.2) is 24.3 Å². The molecule has 98 valence electrons. The monoisotopic (exact) mass is 250 g/mol. The lowest BCUT2D eigenvalue weighted by Gasteiger charge is -2.38. The zero-order valence-corrected chi connectivity index (χ0v) is 10.6. The Labute approximate surface area is 107 Å². The van der Waals surface area contributed by atoms with Gasteiger partial charge in [0.15, 0.2) is 0 Å². The number of carbonyl (C=O) groups excluding carboxylic acids is 1. The minimum atomic E-state index is -0.461. The van der Waals surface area contributed by atoms with Crippen molar-refractivity contribution in [1.82, 2.24) is 4.90 Å². The molecule has 1 amide bonds. The Kier molecular flexibility index (Phi) is 3.97. The Morgan fingerprint density at radius 3 is 2.89 bits per heavy atom. The van der Waals surface area contributed by atoms with E-state index < -0.39 is 5.82 Å². The van der Waals surface area contributed by atoms with E-state index in [1.807, 2.05) is 0 Å². The summed E-state index contributed by atoms with van der Waals surface area (Å²) >= 11 is 0. The van der Waals surface area contributed by atoms with Crippen molar-refractivity contribution in [3.8, 4) is 0 Å². The van der Waals surface area contributed by atoms with E-state index in [-0.39, 0.29) is 17.5 Å². The largest absolute Gasteiger partial charge is 0.334 e. The summed E-state index contributed by atoms with van der Waals surface area (Å²) in [5.41, 5.74) is 5.87. The fourth-order valence-electron chi connectivity index (χ4n) is 2.53. The summed E-state index contributed by atoms with van der Waals surface area (Å²) in [7, 11) is 0. The van der Waals surface area contributed by atoms with Crippen molar-refractivity contribution >= 4 is 5.91 Å². The van der Waals surface area contributed by atoms with Crippen molar-refractivity contribution in [3.63, 3.8) is 0 Å². The number of halogens is 1. The molecule has 0 aliphatic carbocycles. The molecule has 0 spiro atoms. The predicted octanol–water partition coefficient (Wildman–Crippen LogP) is 2.03. The van der Waals surface area contributed by atoms with Crippen LogP contribution in [0.3, 0.4) is 0 Å².